The first-order valence-corrected chi connectivity index (χ1v) is 6.72. The molecular formula is C13H12FN5S. The number of fused-ring (bicyclic) bond motifs is 1. The topological polar surface area (TPSA) is 67.9 Å². The number of benzene rings is 1. The minimum absolute atomic E-state index is 0.0498. The molecule has 0 amide bonds. The van der Waals surface area contributed by atoms with Crippen LogP contribution >= 0.6 is 11.3 Å². The molecule has 1 aromatic carbocycles. The SMILES string of the molecule is CN(C)c1nc2cc(-c3nc(N)ncc3F)ccc2s1. The van der Waals surface area contributed by atoms with Crippen LogP contribution in [0.1, 0.15) is 0 Å². The molecule has 0 radical (unpaired) electrons. The number of nitrogens with two attached hydrogens (primary N) is 1. The van der Waals surface area contributed by atoms with Crippen LogP contribution in [0.3, 0.4) is 0 Å². The molecule has 2 aromatic heterocycles. The highest BCUT2D eigenvalue weighted by Gasteiger charge is 2.11. The molecule has 0 aliphatic heterocycles. The lowest BCUT2D eigenvalue weighted by Gasteiger charge is -2.04. The highest BCUT2D eigenvalue weighted by molar-refractivity contribution is 7.22. The fourth-order valence-corrected chi connectivity index (χ4v) is 2.71. The van der Waals surface area contributed by atoms with E-state index in [4.69, 9.17) is 5.73 Å². The first kappa shape index (κ1) is 12.7. The van der Waals surface area contributed by atoms with Crippen LogP contribution in [0.2, 0.25) is 0 Å². The Labute approximate surface area is 118 Å². The van der Waals surface area contributed by atoms with Crippen molar-refractivity contribution < 1.29 is 4.39 Å². The van der Waals surface area contributed by atoms with Crippen molar-refractivity contribution in [1.82, 2.24) is 15.0 Å². The molecule has 0 fully saturated rings. The van der Waals surface area contributed by atoms with Crippen LogP contribution in [0.15, 0.2) is 24.4 Å². The molecule has 7 heteroatoms. The smallest absolute Gasteiger partial charge is 0.220 e. The van der Waals surface area contributed by atoms with Gasteiger partial charge in [-0.05, 0) is 12.1 Å². The normalized spacial score (nSPS) is 10.9. The fourth-order valence-electron chi connectivity index (χ4n) is 1.84. The zero-order chi connectivity index (χ0) is 14.3. The van der Waals surface area contributed by atoms with Gasteiger partial charge in [-0.1, -0.05) is 17.4 Å². The summed E-state index contributed by atoms with van der Waals surface area (Å²) in [5.41, 5.74) is 7.16. The van der Waals surface area contributed by atoms with Gasteiger partial charge in [0.25, 0.3) is 0 Å². The Bertz CT molecular complexity index is 784. The van der Waals surface area contributed by atoms with Crippen molar-refractivity contribution in [2.24, 2.45) is 0 Å². The van der Waals surface area contributed by atoms with E-state index in [0.717, 1.165) is 21.5 Å². The molecule has 2 N–H and O–H groups in total. The van der Waals surface area contributed by atoms with Gasteiger partial charge in [0, 0.05) is 19.7 Å². The maximum absolute atomic E-state index is 13.8. The summed E-state index contributed by atoms with van der Waals surface area (Å²) in [6.07, 6.45) is 1.08. The van der Waals surface area contributed by atoms with Gasteiger partial charge in [0.1, 0.15) is 5.69 Å². The largest absolute Gasteiger partial charge is 0.368 e. The van der Waals surface area contributed by atoms with E-state index in [1.54, 1.807) is 11.3 Å². The Morgan fingerprint density at radius 3 is 2.80 bits per heavy atom. The lowest BCUT2D eigenvalue weighted by atomic mass is 10.1. The first-order chi connectivity index (χ1) is 9.54. The molecule has 0 saturated heterocycles. The number of thiazole rings is 1. The third-order valence-electron chi connectivity index (χ3n) is 2.80. The van der Waals surface area contributed by atoms with E-state index in [0.29, 0.717) is 5.56 Å². The molecule has 0 spiro atoms. The van der Waals surface area contributed by atoms with Crippen LogP contribution in [0.4, 0.5) is 15.5 Å². The van der Waals surface area contributed by atoms with Gasteiger partial charge in [-0.2, -0.15) is 0 Å². The van der Waals surface area contributed by atoms with Gasteiger partial charge in [0.05, 0.1) is 16.4 Å². The fraction of sp³-hybridized carbons (Fsp3) is 0.154. The molecule has 0 unspecified atom stereocenters. The summed E-state index contributed by atoms with van der Waals surface area (Å²) in [5, 5.41) is 0.903. The Morgan fingerprint density at radius 2 is 2.05 bits per heavy atom. The second-order valence-electron chi connectivity index (χ2n) is 4.50. The Morgan fingerprint density at radius 1 is 1.25 bits per heavy atom. The predicted molar refractivity (Wildman–Crippen MR) is 79.3 cm³/mol. The molecule has 0 aliphatic carbocycles. The Hall–Kier alpha value is -2.28. The summed E-state index contributed by atoms with van der Waals surface area (Å²) in [6, 6.07) is 5.53. The van der Waals surface area contributed by atoms with E-state index >= 15 is 0 Å². The average molecular weight is 289 g/mol. The summed E-state index contributed by atoms with van der Waals surface area (Å²) in [5.74, 6) is -0.449. The standard InChI is InChI=1S/C13H12FN5S/c1-19(2)13-17-9-5-7(3-4-10(9)20-13)11-8(14)6-16-12(15)18-11/h3-6H,1-2H3,(H2,15,16,18). The predicted octanol–water partition coefficient (Wildman–Crippen LogP) is 2.54. The molecule has 5 nitrogen and oxygen atoms in total. The highest BCUT2D eigenvalue weighted by Crippen LogP contribution is 2.31. The van der Waals surface area contributed by atoms with Crippen LogP contribution in [-0.2, 0) is 0 Å². The van der Waals surface area contributed by atoms with Gasteiger partial charge in [-0.25, -0.2) is 19.3 Å². The molecule has 20 heavy (non-hydrogen) atoms. The zero-order valence-corrected chi connectivity index (χ0v) is 11.8. The van der Waals surface area contributed by atoms with Crippen LogP contribution in [0.5, 0.6) is 0 Å². The average Bonchev–Trinajstić information content (AvgIpc) is 2.84. The van der Waals surface area contributed by atoms with Gasteiger partial charge in [0.15, 0.2) is 10.9 Å². The number of hydrogen-bond donors (Lipinski definition) is 1. The van der Waals surface area contributed by atoms with Crippen molar-refractivity contribution in [3.63, 3.8) is 0 Å². The van der Waals surface area contributed by atoms with Crippen LogP contribution < -0.4 is 10.6 Å². The third-order valence-corrected chi connectivity index (χ3v) is 4.00. The summed E-state index contributed by atoms with van der Waals surface area (Å²) in [4.78, 5) is 14.0. The van der Waals surface area contributed by atoms with Crippen LogP contribution in [-0.4, -0.2) is 29.0 Å². The summed E-state index contributed by atoms with van der Waals surface area (Å²) < 4.78 is 14.8. The maximum atomic E-state index is 13.8. The number of hydrogen-bond acceptors (Lipinski definition) is 6. The molecular weight excluding hydrogens is 277 g/mol. The van der Waals surface area contributed by atoms with Crippen molar-refractivity contribution in [3.8, 4) is 11.3 Å². The van der Waals surface area contributed by atoms with Crippen molar-refractivity contribution in [1.29, 1.82) is 0 Å². The zero-order valence-electron chi connectivity index (χ0n) is 11.0. The minimum Gasteiger partial charge on any atom is -0.368 e. The van der Waals surface area contributed by atoms with E-state index in [2.05, 4.69) is 15.0 Å². The number of rotatable bonds is 2. The van der Waals surface area contributed by atoms with Gasteiger partial charge >= 0.3 is 0 Å². The van der Waals surface area contributed by atoms with Crippen LogP contribution in [0, 0.1) is 5.82 Å². The first-order valence-electron chi connectivity index (χ1n) is 5.91. The van der Waals surface area contributed by atoms with E-state index < -0.39 is 5.82 Å². The Balaban J connectivity index is 2.15. The van der Waals surface area contributed by atoms with Crippen molar-refractivity contribution >= 4 is 32.6 Å². The molecule has 3 rings (SSSR count). The lowest BCUT2D eigenvalue weighted by molar-refractivity contribution is 0.619. The van der Waals surface area contributed by atoms with Gasteiger partial charge in [0.2, 0.25) is 5.95 Å². The summed E-state index contributed by atoms with van der Waals surface area (Å²) >= 11 is 1.58. The van der Waals surface area contributed by atoms with Gasteiger partial charge in [-0.15, -0.1) is 0 Å². The Kier molecular flexibility index (Phi) is 2.98. The lowest BCUT2D eigenvalue weighted by Crippen LogP contribution is -2.07. The number of nitrogens with zero attached hydrogens (tertiary/aromatic N) is 4. The molecule has 0 aliphatic rings. The highest BCUT2D eigenvalue weighted by atomic mass is 32.1. The number of anilines is 2. The quantitative estimate of drug-likeness (QED) is 0.785. The maximum Gasteiger partial charge on any atom is 0.220 e. The second-order valence-corrected chi connectivity index (χ2v) is 5.51. The van der Waals surface area contributed by atoms with E-state index in [1.807, 2.05) is 37.2 Å². The van der Waals surface area contributed by atoms with Gasteiger partial charge < -0.3 is 10.6 Å². The number of halogens is 1. The van der Waals surface area contributed by atoms with E-state index in [9.17, 15) is 4.39 Å². The number of nitrogen functional groups attached to an aromatic ring is 1. The van der Waals surface area contributed by atoms with Crippen molar-refractivity contribution in [2.75, 3.05) is 24.7 Å². The molecule has 102 valence electrons. The monoisotopic (exact) mass is 289 g/mol. The molecule has 0 atom stereocenters. The summed E-state index contributed by atoms with van der Waals surface area (Å²) in [7, 11) is 3.87. The van der Waals surface area contributed by atoms with E-state index in [-0.39, 0.29) is 11.6 Å². The molecule has 3 aromatic rings. The van der Waals surface area contributed by atoms with Crippen molar-refractivity contribution in [3.05, 3.63) is 30.2 Å². The van der Waals surface area contributed by atoms with E-state index in [1.165, 1.54) is 0 Å². The summed E-state index contributed by atoms with van der Waals surface area (Å²) in [6.45, 7) is 0. The van der Waals surface area contributed by atoms with Gasteiger partial charge in [-0.3, -0.25) is 0 Å². The van der Waals surface area contributed by atoms with Crippen molar-refractivity contribution in [2.45, 2.75) is 0 Å². The number of aromatic nitrogens is 3. The third kappa shape index (κ3) is 2.16. The molecule has 0 saturated carbocycles. The second kappa shape index (κ2) is 4.68. The molecule has 0 bridgehead atoms. The molecule has 2 heterocycles. The minimum atomic E-state index is -0.499. The van der Waals surface area contributed by atoms with Crippen LogP contribution in [0.25, 0.3) is 21.5 Å².